The highest BCUT2D eigenvalue weighted by atomic mass is 32.2. The molecule has 5 heteroatoms. The smallest absolute Gasteiger partial charge is 0.136 e. The van der Waals surface area contributed by atoms with Crippen molar-refractivity contribution in [2.75, 3.05) is 20.2 Å². The summed E-state index contributed by atoms with van der Waals surface area (Å²) in [7, 11) is 1.72. The molecule has 1 saturated heterocycles. The van der Waals surface area contributed by atoms with E-state index in [2.05, 4.69) is 40.4 Å². The minimum atomic E-state index is -1.14. The first-order chi connectivity index (χ1) is 12.4. The van der Waals surface area contributed by atoms with Crippen LogP contribution in [0.15, 0.2) is 36.4 Å². The summed E-state index contributed by atoms with van der Waals surface area (Å²) in [4.78, 5) is 0. The first-order valence-electron chi connectivity index (χ1n) is 9.35. The van der Waals surface area contributed by atoms with Crippen LogP contribution in [0.25, 0.3) is 10.8 Å². The third kappa shape index (κ3) is 4.34. The minimum Gasteiger partial charge on any atom is -0.598 e. The van der Waals surface area contributed by atoms with Crippen molar-refractivity contribution in [3.05, 3.63) is 42.0 Å². The molecule has 0 aromatic heterocycles. The van der Waals surface area contributed by atoms with Crippen molar-refractivity contribution < 1.29 is 9.29 Å². The number of benzene rings is 2. The van der Waals surface area contributed by atoms with Crippen LogP contribution in [0.5, 0.6) is 5.75 Å². The lowest BCUT2D eigenvalue weighted by molar-refractivity contribution is 0.297. The Balaban J connectivity index is 2.03. The Hall–Kier alpha value is -1.27. The quantitative estimate of drug-likeness (QED) is 0.779. The van der Waals surface area contributed by atoms with E-state index in [1.165, 1.54) is 5.39 Å². The predicted molar refractivity (Wildman–Crippen MR) is 110 cm³/mol. The SMILES string of the molecule is COc1cc2ccccc2cc1C(N[S+]([O-])C(C)(C)C)C1CCNCC1. The Kier molecular flexibility index (Phi) is 6.13. The van der Waals surface area contributed by atoms with Gasteiger partial charge in [0.15, 0.2) is 0 Å². The van der Waals surface area contributed by atoms with Crippen molar-refractivity contribution in [1.82, 2.24) is 10.0 Å². The van der Waals surface area contributed by atoms with Crippen molar-refractivity contribution in [2.24, 2.45) is 5.92 Å². The molecule has 0 saturated carbocycles. The second kappa shape index (κ2) is 8.17. The van der Waals surface area contributed by atoms with E-state index in [0.717, 1.165) is 42.6 Å². The van der Waals surface area contributed by atoms with E-state index < -0.39 is 11.4 Å². The molecule has 0 aliphatic carbocycles. The lowest BCUT2D eigenvalue weighted by Crippen LogP contribution is -2.45. The van der Waals surface area contributed by atoms with Gasteiger partial charge in [-0.3, -0.25) is 0 Å². The first kappa shape index (κ1) is 19.5. The Labute approximate surface area is 160 Å². The Morgan fingerprint density at radius 3 is 2.35 bits per heavy atom. The third-order valence-corrected chi connectivity index (χ3v) is 6.66. The second-order valence-corrected chi connectivity index (χ2v) is 10.0. The van der Waals surface area contributed by atoms with Gasteiger partial charge < -0.3 is 14.6 Å². The van der Waals surface area contributed by atoms with E-state index in [1.807, 2.05) is 26.8 Å². The van der Waals surface area contributed by atoms with Gasteiger partial charge in [-0.2, -0.15) is 0 Å². The van der Waals surface area contributed by atoms with Gasteiger partial charge in [0, 0.05) is 16.9 Å². The fourth-order valence-electron chi connectivity index (χ4n) is 3.54. The van der Waals surface area contributed by atoms with E-state index in [0.29, 0.717) is 5.92 Å². The van der Waals surface area contributed by atoms with Gasteiger partial charge in [-0.25, -0.2) is 0 Å². The van der Waals surface area contributed by atoms with E-state index in [4.69, 9.17) is 4.74 Å². The molecule has 2 atom stereocenters. The number of rotatable bonds is 5. The summed E-state index contributed by atoms with van der Waals surface area (Å²) in [5.41, 5.74) is 1.11. The topological polar surface area (TPSA) is 56.3 Å². The van der Waals surface area contributed by atoms with Crippen LogP contribution in [0.2, 0.25) is 0 Å². The first-order valence-corrected chi connectivity index (χ1v) is 10.5. The average molecular weight is 375 g/mol. The maximum Gasteiger partial charge on any atom is 0.136 e. The highest BCUT2D eigenvalue weighted by Gasteiger charge is 2.35. The van der Waals surface area contributed by atoms with Crippen LogP contribution in [-0.2, 0) is 11.4 Å². The molecule has 0 amide bonds. The molecule has 0 spiro atoms. The zero-order valence-corrected chi connectivity index (χ0v) is 17.0. The lowest BCUT2D eigenvalue weighted by atomic mass is 9.85. The molecule has 2 aromatic rings. The van der Waals surface area contributed by atoms with Crippen LogP contribution in [0, 0.1) is 5.92 Å². The second-order valence-electron chi connectivity index (χ2n) is 8.01. The van der Waals surface area contributed by atoms with Crippen LogP contribution in [-0.4, -0.2) is 29.5 Å². The Morgan fingerprint density at radius 1 is 1.15 bits per heavy atom. The number of hydrogen-bond donors (Lipinski definition) is 2. The van der Waals surface area contributed by atoms with Crippen LogP contribution in [0.3, 0.4) is 0 Å². The standard InChI is InChI=1S/C21H30N2O2S/c1-21(2,3)26(24)23-20(15-9-11-22-12-10-15)18-13-16-7-5-6-8-17(16)14-19(18)25-4/h5-8,13-15,20,22-23H,9-12H2,1-4H3. The molecule has 0 bridgehead atoms. The molecule has 2 aromatic carbocycles. The zero-order valence-electron chi connectivity index (χ0n) is 16.2. The van der Waals surface area contributed by atoms with Crippen LogP contribution in [0.1, 0.15) is 45.2 Å². The van der Waals surface area contributed by atoms with E-state index in [-0.39, 0.29) is 10.8 Å². The lowest BCUT2D eigenvalue weighted by Gasteiger charge is -2.35. The van der Waals surface area contributed by atoms with Gasteiger partial charge in [-0.05, 0) is 75.5 Å². The van der Waals surface area contributed by atoms with Crippen molar-refractivity contribution in [3.8, 4) is 5.75 Å². The summed E-state index contributed by atoms with van der Waals surface area (Å²) in [6.45, 7) is 8.02. The fraction of sp³-hybridized carbons (Fsp3) is 0.524. The number of hydrogen-bond acceptors (Lipinski definition) is 4. The molecule has 1 fully saturated rings. The van der Waals surface area contributed by atoms with E-state index >= 15 is 0 Å². The number of methoxy groups -OCH3 is 1. The van der Waals surface area contributed by atoms with Crippen LogP contribution >= 0.6 is 0 Å². The van der Waals surface area contributed by atoms with Crippen molar-refractivity contribution in [3.63, 3.8) is 0 Å². The Bertz CT molecular complexity index is 738. The zero-order chi connectivity index (χ0) is 18.7. The highest BCUT2D eigenvalue weighted by Crippen LogP contribution is 2.38. The normalized spacial score (nSPS) is 18.7. The largest absolute Gasteiger partial charge is 0.598 e. The van der Waals surface area contributed by atoms with Gasteiger partial charge >= 0.3 is 0 Å². The molecule has 1 aliphatic heterocycles. The minimum absolute atomic E-state index is 0.0108. The number of piperidine rings is 1. The number of fused-ring (bicyclic) bond motifs is 1. The van der Waals surface area contributed by atoms with E-state index in [1.54, 1.807) is 7.11 Å². The van der Waals surface area contributed by atoms with E-state index in [9.17, 15) is 4.55 Å². The summed E-state index contributed by atoms with van der Waals surface area (Å²) < 4.78 is 21.8. The molecule has 26 heavy (non-hydrogen) atoms. The summed E-state index contributed by atoms with van der Waals surface area (Å²) in [6, 6.07) is 12.6. The van der Waals surface area contributed by atoms with Gasteiger partial charge in [-0.1, -0.05) is 24.3 Å². The third-order valence-electron chi connectivity index (χ3n) is 5.08. The summed E-state index contributed by atoms with van der Waals surface area (Å²) in [6.07, 6.45) is 2.13. The summed E-state index contributed by atoms with van der Waals surface area (Å²) in [5.74, 6) is 1.29. The molecule has 1 heterocycles. The molecule has 1 aliphatic rings. The predicted octanol–water partition coefficient (Wildman–Crippen LogP) is 3.94. The Morgan fingerprint density at radius 2 is 1.77 bits per heavy atom. The van der Waals surface area contributed by atoms with Gasteiger partial charge in [-0.15, -0.1) is 4.72 Å². The van der Waals surface area contributed by atoms with Crippen LogP contribution in [0.4, 0.5) is 0 Å². The molecular formula is C21H30N2O2S. The maximum atomic E-state index is 12.9. The van der Waals surface area contributed by atoms with Crippen molar-refractivity contribution >= 4 is 22.1 Å². The van der Waals surface area contributed by atoms with Gasteiger partial charge in [0.1, 0.15) is 10.5 Å². The molecular weight excluding hydrogens is 344 g/mol. The summed E-state index contributed by atoms with van der Waals surface area (Å²) >= 11 is -1.14. The number of nitrogens with one attached hydrogen (secondary N) is 2. The van der Waals surface area contributed by atoms with Gasteiger partial charge in [0.25, 0.3) is 0 Å². The van der Waals surface area contributed by atoms with Crippen molar-refractivity contribution in [2.45, 2.75) is 44.4 Å². The van der Waals surface area contributed by atoms with Crippen LogP contribution < -0.4 is 14.8 Å². The molecule has 4 nitrogen and oxygen atoms in total. The van der Waals surface area contributed by atoms with Gasteiger partial charge in [0.05, 0.1) is 13.2 Å². The van der Waals surface area contributed by atoms with Crippen molar-refractivity contribution in [1.29, 1.82) is 0 Å². The number of ether oxygens (including phenoxy) is 1. The summed E-state index contributed by atoms with van der Waals surface area (Å²) in [5, 5.41) is 5.77. The molecule has 2 N–H and O–H groups in total. The average Bonchev–Trinajstić information content (AvgIpc) is 2.64. The molecule has 0 radical (unpaired) electrons. The highest BCUT2D eigenvalue weighted by molar-refractivity contribution is 7.90. The van der Waals surface area contributed by atoms with Gasteiger partial charge in [0.2, 0.25) is 0 Å². The maximum absolute atomic E-state index is 12.9. The fourth-order valence-corrected chi connectivity index (χ4v) is 4.44. The molecule has 3 rings (SSSR count). The monoisotopic (exact) mass is 374 g/mol. The molecule has 142 valence electrons. The molecule has 2 unspecified atom stereocenters.